The number of hydrogen-bond acceptors (Lipinski definition) is 3. The van der Waals surface area contributed by atoms with Crippen molar-refractivity contribution in [1.82, 2.24) is 10.6 Å². The molecule has 2 heterocycles. The second-order valence-corrected chi connectivity index (χ2v) is 7.61. The van der Waals surface area contributed by atoms with Gasteiger partial charge in [-0.2, -0.15) is 0 Å². The molecule has 26 heavy (non-hydrogen) atoms. The first-order valence-electron chi connectivity index (χ1n) is 9.32. The fourth-order valence-corrected chi connectivity index (χ4v) is 4.18. The van der Waals surface area contributed by atoms with Gasteiger partial charge in [-0.3, -0.25) is 9.59 Å². The van der Waals surface area contributed by atoms with Crippen molar-refractivity contribution in [2.24, 2.45) is 11.8 Å². The number of nitrogens with one attached hydrogen (secondary N) is 2. The number of anilines is 1. The van der Waals surface area contributed by atoms with Gasteiger partial charge in [-0.1, -0.05) is 17.7 Å². The monoisotopic (exact) mass is 379 g/mol. The van der Waals surface area contributed by atoms with Gasteiger partial charge in [0.15, 0.2) is 0 Å². The molecule has 1 aromatic rings. The van der Waals surface area contributed by atoms with Crippen molar-refractivity contribution in [2.45, 2.75) is 40.0 Å². The van der Waals surface area contributed by atoms with Crippen LogP contribution in [0.1, 0.15) is 36.0 Å². The number of halogens is 1. The molecule has 2 fully saturated rings. The number of benzene rings is 1. The van der Waals surface area contributed by atoms with E-state index < -0.39 is 0 Å². The average Bonchev–Trinajstić information content (AvgIpc) is 2.94. The smallest absolute Gasteiger partial charge is 0.227 e. The molecule has 3 rings (SSSR count). The fraction of sp³-hybridized carbons (Fsp3) is 0.600. The molecular formula is C20H30ClN3O2. The van der Waals surface area contributed by atoms with Gasteiger partial charge in [-0.15, -0.1) is 12.4 Å². The van der Waals surface area contributed by atoms with Crippen LogP contribution < -0.4 is 15.5 Å². The quantitative estimate of drug-likeness (QED) is 0.844. The van der Waals surface area contributed by atoms with Gasteiger partial charge in [0.25, 0.3) is 0 Å². The third-order valence-electron chi connectivity index (χ3n) is 5.37. The van der Waals surface area contributed by atoms with Crippen LogP contribution in [0.5, 0.6) is 0 Å². The molecule has 144 valence electrons. The third kappa shape index (κ3) is 4.57. The number of amides is 2. The largest absolute Gasteiger partial charge is 0.355 e. The SMILES string of the molecule is Cc1cc(C)c(N2CC(C(=O)NCC3CCCNC3)CC2=O)c(C)c1.Cl. The predicted octanol–water partition coefficient (Wildman–Crippen LogP) is 2.50. The van der Waals surface area contributed by atoms with E-state index >= 15 is 0 Å². The van der Waals surface area contributed by atoms with E-state index in [0.29, 0.717) is 25.4 Å². The number of rotatable bonds is 4. The summed E-state index contributed by atoms with van der Waals surface area (Å²) in [4.78, 5) is 26.8. The molecule has 6 heteroatoms. The molecule has 2 saturated heterocycles. The van der Waals surface area contributed by atoms with Crippen molar-refractivity contribution < 1.29 is 9.59 Å². The molecular weight excluding hydrogens is 350 g/mol. The van der Waals surface area contributed by atoms with E-state index in [9.17, 15) is 9.59 Å². The molecule has 0 saturated carbocycles. The van der Waals surface area contributed by atoms with Crippen LogP contribution in [0.15, 0.2) is 12.1 Å². The number of aryl methyl sites for hydroxylation is 3. The minimum Gasteiger partial charge on any atom is -0.355 e. The Bertz CT molecular complexity index is 648. The topological polar surface area (TPSA) is 61.4 Å². The van der Waals surface area contributed by atoms with Gasteiger partial charge in [-0.25, -0.2) is 0 Å². The van der Waals surface area contributed by atoms with Crippen molar-refractivity contribution in [3.63, 3.8) is 0 Å². The van der Waals surface area contributed by atoms with Gasteiger partial charge < -0.3 is 15.5 Å². The van der Waals surface area contributed by atoms with Crippen molar-refractivity contribution in [3.05, 3.63) is 28.8 Å². The van der Waals surface area contributed by atoms with Crippen LogP contribution in [0.3, 0.4) is 0 Å². The Kier molecular flexibility index (Phi) is 7.07. The summed E-state index contributed by atoms with van der Waals surface area (Å²) in [5.41, 5.74) is 4.36. The Hall–Kier alpha value is -1.59. The summed E-state index contributed by atoms with van der Waals surface area (Å²) in [5.74, 6) is 0.329. The normalized spacial score (nSPS) is 22.9. The van der Waals surface area contributed by atoms with E-state index in [2.05, 4.69) is 29.7 Å². The van der Waals surface area contributed by atoms with Crippen molar-refractivity contribution >= 4 is 29.9 Å². The minimum atomic E-state index is -0.246. The van der Waals surface area contributed by atoms with Crippen LogP contribution in [-0.4, -0.2) is 38.0 Å². The number of carbonyl (C=O) groups is 2. The van der Waals surface area contributed by atoms with Gasteiger partial charge in [0.2, 0.25) is 11.8 Å². The maximum absolute atomic E-state index is 12.5. The fourth-order valence-electron chi connectivity index (χ4n) is 4.18. The predicted molar refractivity (Wildman–Crippen MR) is 107 cm³/mol. The first-order chi connectivity index (χ1) is 12.0. The zero-order valence-corrected chi connectivity index (χ0v) is 16.7. The lowest BCUT2D eigenvalue weighted by Gasteiger charge is -2.24. The maximum Gasteiger partial charge on any atom is 0.227 e. The second kappa shape index (κ2) is 8.87. The highest BCUT2D eigenvalue weighted by Gasteiger charge is 2.36. The van der Waals surface area contributed by atoms with E-state index in [1.807, 2.05) is 13.8 Å². The lowest BCUT2D eigenvalue weighted by atomic mass is 9.99. The Morgan fingerprint density at radius 1 is 1.27 bits per heavy atom. The van der Waals surface area contributed by atoms with Gasteiger partial charge >= 0.3 is 0 Å². The lowest BCUT2D eigenvalue weighted by Crippen LogP contribution is -2.40. The molecule has 2 aliphatic rings. The summed E-state index contributed by atoms with van der Waals surface area (Å²) >= 11 is 0. The molecule has 2 unspecified atom stereocenters. The van der Waals surface area contributed by atoms with Crippen molar-refractivity contribution in [1.29, 1.82) is 0 Å². The number of nitrogens with zero attached hydrogens (tertiary/aromatic N) is 1. The molecule has 2 aliphatic heterocycles. The number of hydrogen-bond donors (Lipinski definition) is 2. The van der Waals surface area contributed by atoms with Crippen LogP contribution in [0.25, 0.3) is 0 Å². The molecule has 0 bridgehead atoms. The maximum atomic E-state index is 12.5. The Morgan fingerprint density at radius 3 is 2.58 bits per heavy atom. The van der Waals surface area contributed by atoms with E-state index in [1.165, 1.54) is 12.0 Å². The summed E-state index contributed by atoms with van der Waals surface area (Å²) in [5, 5.41) is 6.43. The van der Waals surface area contributed by atoms with Crippen LogP contribution in [-0.2, 0) is 9.59 Å². The van der Waals surface area contributed by atoms with E-state index in [4.69, 9.17) is 0 Å². The molecule has 0 aromatic heterocycles. The average molecular weight is 380 g/mol. The first-order valence-corrected chi connectivity index (χ1v) is 9.32. The molecule has 2 N–H and O–H groups in total. The van der Waals surface area contributed by atoms with Gasteiger partial charge in [0.05, 0.1) is 5.92 Å². The highest BCUT2D eigenvalue weighted by atomic mass is 35.5. The summed E-state index contributed by atoms with van der Waals surface area (Å²) in [6.45, 7) is 9.37. The van der Waals surface area contributed by atoms with Crippen molar-refractivity contribution in [3.8, 4) is 0 Å². The Balaban J connectivity index is 0.00000243. The van der Waals surface area contributed by atoms with E-state index in [0.717, 1.165) is 36.3 Å². The summed E-state index contributed by atoms with van der Waals surface area (Å²) in [7, 11) is 0. The Labute approximate surface area is 162 Å². The molecule has 5 nitrogen and oxygen atoms in total. The van der Waals surface area contributed by atoms with Gasteiger partial charge in [0.1, 0.15) is 0 Å². The van der Waals surface area contributed by atoms with Crippen LogP contribution in [0, 0.1) is 32.6 Å². The molecule has 2 amide bonds. The highest BCUT2D eigenvalue weighted by Crippen LogP contribution is 2.31. The van der Waals surface area contributed by atoms with Gasteiger partial charge in [0, 0.05) is 25.2 Å². The molecule has 1 aromatic carbocycles. The summed E-state index contributed by atoms with van der Waals surface area (Å²) in [6, 6.07) is 4.19. The second-order valence-electron chi connectivity index (χ2n) is 7.61. The van der Waals surface area contributed by atoms with Crippen LogP contribution >= 0.6 is 12.4 Å². The molecule has 2 atom stereocenters. The van der Waals surface area contributed by atoms with Crippen LogP contribution in [0.4, 0.5) is 5.69 Å². The van der Waals surface area contributed by atoms with Crippen LogP contribution in [0.2, 0.25) is 0 Å². The summed E-state index contributed by atoms with van der Waals surface area (Å²) in [6.07, 6.45) is 2.63. The zero-order chi connectivity index (χ0) is 18.0. The molecule has 0 aliphatic carbocycles. The standard InChI is InChI=1S/C20H29N3O2.ClH/c1-13-7-14(2)19(15(3)8-13)23-12-17(9-18(23)24)20(25)22-11-16-5-4-6-21-10-16;/h7-8,16-17,21H,4-6,9-12H2,1-3H3,(H,22,25);1H. The highest BCUT2D eigenvalue weighted by molar-refractivity contribution is 6.01. The number of carbonyl (C=O) groups excluding carboxylic acids is 2. The van der Waals surface area contributed by atoms with Crippen molar-refractivity contribution in [2.75, 3.05) is 31.1 Å². The molecule has 0 spiro atoms. The summed E-state index contributed by atoms with van der Waals surface area (Å²) < 4.78 is 0. The molecule has 0 radical (unpaired) electrons. The third-order valence-corrected chi connectivity index (χ3v) is 5.37. The number of piperidine rings is 1. The first kappa shape index (κ1) is 20.7. The lowest BCUT2D eigenvalue weighted by molar-refractivity contribution is -0.126. The Morgan fingerprint density at radius 2 is 1.96 bits per heavy atom. The van der Waals surface area contributed by atoms with E-state index in [-0.39, 0.29) is 30.1 Å². The van der Waals surface area contributed by atoms with Gasteiger partial charge in [-0.05, 0) is 63.7 Å². The zero-order valence-electron chi connectivity index (χ0n) is 15.9. The minimum absolute atomic E-state index is 0. The van der Waals surface area contributed by atoms with E-state index in [1.54, 1.807) is 4.90 Å².